The highest BCUT2D eigenvalue weighted by atomic mass is 35.5. The second-order valence-corrected chi connectivity index (χ2v) is 5.71. The van der Waals surface area contributed by atoms with E-state index in [2.05, 4.69) is 34.1 Å². The van der Waals surface area contributed by atoms with E-state index in [0.717, 1.165) is 35.2 Å². The summed E-state index contributed by atoms with van der Waals surface area (Å²) >= 11 is 7.66. The standard InChI is InChI=1S/C13H17ClN4S/c1-4-5-11-17-10(14)6-12(18-11)16-9(3)13-15-8(2)7-19-13/h6-7,9H,4-5H2,1-3H3,(H,16,17,18). The van der Waals surface area contributed by atoms with E-state index >= 15 is 0 Å². The van der Waals surface area contributed by atoms with Gasteiger partial charge in [-0.25, -0.2) is 15.0 Å². The number of halogens is 1. The van der Waals surface area contributed by atoms with E-state index in [-0.39, 0.29) is 6.04 Å². The van der Waals surface area contributed by atoms with Crippen molar-refractivity contribution in [3.63, 3.8) is 0 Å². The van der Waals surface area contributed by atoms with Crippen LogP contribution in [0.15, 0.2) is 11.4 Å². The summed E-state index contributed by atoms with van der Waals surface area (Å²) < 4.78 is 0. The predicted molar refractivity (Wildman–Crippen MR) is 79.9 cm³/mol. The lowest BCUT2D eigenvalue weighted by Crippen LogP contribution is -2.09. The van der Waals surface area contributed by atoms with Crippen LogP contribution in [0, 0.1) is 6.92 Å². The van der Waals surface area contributed by atoms with E-state index < -0.39 is 0 Å². The number of aromatic nitrogens is 3. The number of hydrogen-bond acceptors (Lipinski definition) is 5. The Morgan fingerprint density at radius 1 is 1.37 bits per heavy atom. The molecule has 4 nitrogen and oxygen atoms in total. The third-order valence-electron chi connectivity index (χ3n) is 2.59. The van der Waals surface area contributed by atoms with Gasteiger partial charge in [-0.1, -0.05) is 18.5 Å². The molecule has 2 heterocycles. The number of rotatable bonds is 5. The van der Waals surface area contributed by atoms with E-state index in [1.165, 1.54) is 0 Å². The largest absolute Gasteiger partial charge is 0.361 e. The number of hydrogen-bond donors (Lipinski definition) is 1. The van der Waals surface area contributed by atoms with Crippen LogP contribution in [0.4, 0.5) is 5.82 Å². The van der Waals surface area contributed by atoms with Gasteiger partial charge in [-0.05, 0) is 20.3 Å². The minimum absolute atomic E-state index is 0.110. The van der Waals surface area contributed by atoms with Crippen LogP contribution in [0.25, 0.3) is 0 Å². The SMILES string of the molecule is CCCc1nc(Cl)cc(NC(C)c2nc(C)cs2)n1. The summed E-state index contributed by atoms with van der Waals surface area (Å²) in [6, 6.07) is 1.86. The number of thiazole rings is 1. The number of nitrogens with one attached hydrogen (secondary N) is 1. The lowest BCUT2D eigenvalue weighted by Gasteiger charge is -2.12. The lowest BCUT2D eigenvalue weighted by atomic mass is 10.3. The van der Waals surface area contributed by atoms with Crippen LogP contribution in [0.2, 0.25) is 5.15 Å². The highest BCUT2D eigenvalue weighted by molar-refractivity contribution is 7.09. The Balaban J connectivity index is 2.14. The first-order valence-electron chi connectivity index (χ1n) is 6.30. The molecule has 19 heavy (non-hydrogen) atoms. The third kappa shape index (κ3) is 3.88. The normalized spacial score (nSPS) is 12.4. The molecule has 0 saturated heterocycles. The van der Waals surface area contributed by atoms with Gasteiger partial charge in [0.25, 0.3) is 0 Å². The molecule has 2 aromatic rings. The van der Waals surface area contributed by atoms with Gasteiger partial charge in [0.05, 0.1) is 6.04 Å². The Morgan fingerprint density at radius 2 is 2.16 bits per heavy atom. The van der Waals surface area contributed by atoms with Crippen molar-refractivity contribution in [3.05, 3.63) is 33.1 Å². The molecule has 0 spiro atoms. The monoisotopic (exact) mass is 296 g/mol. The van der Waals surface area contributed by atoms with Crippen molar-refractivity contribution in [1.29, 1.82) is 0 Å². The second-order valence-electron chi connectivity index (χ2n) is 4.44. The summed E-state index contributed by atoms with van der Waals surface area (Å²) in [7, 11) is 0. The fourth-order valence-corrected chi connectivity index (χ4v) is 2.73. The van der Waals surface area contributed by atoms with Gasteiger partial charge in [-0.2, -0.15) is 0 Å². The average Bonchev–Trinajstić information content (AvgIpc) is 2.75. The molecule has 1 atom stereocenters. The van der Waals surface area contributed by atoms with Crippen molar-refractivity contribution >= 4 is 28.8 Å². The molecule has 0 amide bonds. The van der Waals surface area contributed by atoms with Crippen molar-refractivity contribution in [2.75, 3.05) is 5.32 Å². The summed E-state index contributed by atoms with van der Waals surface area (Å²) in [6.45, 7) is 6.15. The topological polar surface area (TPSA) is 50.7 Å². The lowest BCUT2D eigenvalue weighted by molar-refractivity contribution is 0.814. The average molecular weight is 297 g/mol. The minimum atomic E-state index is 0.110. The number of aryl methyl sites for hydroxylation is 2. The van der Waals surface area contributed by atoms with Gasteiger partial charge in [-0.3, -0.25) is 0 Å². The summed E-state index contributed by atoms with van der Waals surface area (Å²) in [5.74, 6) is 1.53. The maximum Gasteiger partial charge on any atom is 0.134 e. The Kier molecular flexibility index (Phi) is 4.71. The van der Waals surface area contributed by atoms with E-state index in [1.807, 2.05) is 12.3 Å². The van der Waals surface area contributed by atoms with Gasteiger partial charge in [0, 0.05) is 23.6 Å². The van der Waals surface area contributed by atoms with Crippen molar-refractivity contribution in [2.45, 2.75) is 39.7 Å². The van der Waals surface area contributed by atoms with Crippen LogP contribution in [0.5, 0.6) is 0 Å². The molecule has 102 valence electrons. The predicted octanol–water partition coefficient (Wildman–Crippen LogP) is 4.02. The molecule has 2 rings (SSSR count). The fourth-order valence-electron chi connectivity index (χ4n) is 1.73. The van der Waals surface area contributed by atoms with E-state index in [4.69, 9.17) is 11.6 Å². The zero-order valence-corrected chi connectivity index (χ0v) is 12.8. The maximum atomic E-state index is 6.02. The van der Waals surface area contributed by atoms with Crippen LogP contribution < -0.4 is 5.32 Å². The van der Waals surface area contributed by atoms with Crippen LogP contribution in [0.3, 0.4) is 0 Å². The molecule has 0 aliphatic heterocycles. The van der Waals surface area contributed by atoms with Gasteiger partial charge in [0.15, 0.2) is 0 Å². The molecule has 1 N–H and O–H groups in total. The van der Waals surface area contributed by atoms with E-state index in [9.17, 15) is 0 Å². The number of anilines is 1. The summed E-state index contributed by atoms with van der Waals surface area (Å²) in [4.78, 5) is 13.1. The van der Waals surface area contributed by atoms with E-state index in [0.29, 0.717) is 5.15 Å². The van der Waals surface area contributed by atoms with Gasteiger partial charge in [0.1, 0.15) is 21.8 Å². The molecule has 0 fully saturated rings. The van der Waals surface area contributed by atoms with Crippen LogP contribution in [-0.2, 0) is 6.42 Å². The first kappa shape index (κ1) is 14.2. The molecule has 1 unspecified atom stereocenters. The zero-order valence-electron chi connectivity index (χ0n) is 11.3. The molecule has 0 bridgehead atoms. The Hall–Kier alpha value is -1.20. The molecule has 0 radical (unpaired) electrons. The third-order valence-corrected chi connectivity index (χ3v) is 3.93. The highest BCUT2D eigenvalue weighted by Crippen LogP contribution is 2.22. The molecule has 0 aromatic carbocycles. The minimum Gasteiger partial charge on any atom is -0.361 e. The molecule has 0 aliphatic carbocycles. The van der Waals surface area contributed by atoms with Crippen LogP contribution in [-0.4, -0.2) is 15.0 Å². The quantitative estimate of drug-likeness (QED) is 0.847. The Labute approximate surface area is 122 Å². The second kappa shape index (κ2) is 6.30. The van der Waals surface area contributed by atoms with Crippen molar-refractivity contribution in [2.24, 2.45) is 0 Å². The zero-order chi connectivity index (χ0) is 13.8. The molecule has 2 aromatic heterocycles. The van der Waals surface area contributed by atoms with Crippen LogP contribution in [0.1, 0.15) is 42.8 Å². The highest BCUT2D eigenvalue weighted by Gasteiger charge is 2.11. The maximum absolute atomic E-state index is 6.02. The Bertz CT molecular complexity index is 555. The molecule has 0 aliphatic rings. The van der Waals surface area contributed by atoms with Gasteiger partial charge < -0.3 is 5.32 Å². The Morgan fingerprint density at radius 3 is 2.79 bits per heavy atom. The summed E-state index contributed by atoms with van der Waals surface area (Å²) in [6.07, 6.45) is 1.83. The smallest absolute Gasteiger partial charge is 0.134 e. The van der Waals surface area contributed by atoms with Crippen molar-refractivity contribution in [3.8, 4) is 0 Å². The van der Waals surface area contributed by atoms with Gasteiger partial charge in [-0.15, -0.1) is 11.3 Å². The molecular formula is C13H17ClN4S. The molecular weight excluding hydrogens is 280 g/mol. The van der Waals surface area contributed by atoms with Crippen molar-refractivity contribution in [1.82, 2.24) is 15.0 Å². The van der Waals surface area contributed by atoms with Gasteiger partial charge >= 0.3 is 0 Å². The fraction of sp³-hybridized carbons (Fsp3) is 0.462. The number of nitrogens with zero attached hydrogens (tertiary/aromatic N) is 3. The summed E-state index contributed by atoms with van der Waals surface area (Å²) in [5, 5.41) is 6.89. The molecule has 0 saturated carbocycles. The first-order valence-corrected chi connectivity index (χ1v) is 7.56. The van der Waals surface area contributed by atoms with Gasteiger partial charge in [0.2, 0.25) is 0 Å². The first-order chi connectivity index (χ1) is 9.08. The van der Waals surface area contributed by atoms with Crippen LogP contribution >= 0.6 is 22.9 Å². The molecule has 6 heteroatoms. The van der Waals surface area contributed by atoms with Crippen molar-refractivity contribution < 1.29 is 0 Å². The van der Waals surface area contributed by atoms with E-state index in [1.54, 1.807) is 17.4 Å². The summed E-state index contributed by atoms with van der Waals surface area (Å²) in [5.41, 5.74) is 1.04.